The van der Waals surface area contributed by atoms with Crippen molar-refractivity contribution < 1.29 is 23.1 Å². The summed E-state index contributed by atoms with van der Waals surface area (Å²) in [6.45, 7) is 7.66. The van der Waals surface area contributed by atoms with Crippen molar-refractivity contribution in [1.29, 1.82) is 0 Å². The Labute approximate surface area is 186 Å². The van der Waals surface area contributed by atoms with Gasteiger partial charge in [-0.3, -0.25) is 9.59 Å². The van der Waals surface area contributed by atoms with Gasteiger partial charge < -0.3 is 15.0 Å². The average molecular weight is 443 g/mol. The summed E-state index contributed by atoms with van der Waals surface area (Å²) in [5.41, 5.74) is 1.37. The number of hydrogen-bond donors (Lipinski definition) is 1. The van der Waals surface area contributed by atoms with E-state index >= 15 is 4.39 Å². The summed E-state index contributed by atoms with van der Waals surface area (Å²) >= 11 is 0. The summed E-state index contributed by atoms with van der Waals surface area (Å²) in [6, 6.07) is 7.54. The molecule has 1 unspecified atom stereocenters. The van der Waals surface area contributed by atoms with E-state index in [9.17, 15) is 14.0 Å². The second-order valence-corrected chi connectivity index (χ2v) is 9.94. The number of ether oxygens (including phenoxy) is 1. The van der Waals surface area contributed by atoms with Crippen LogP contribution in [0.25, 0.3) is 0 Å². The molecule has 1 heterocycles. The van der Waals surface area contributed by atoms with Crippen LogP contribution in [0.2, 0.25) is 0 Å². The van der Waals surface area contributed by atoms with Gasteiger partial charge in [0.05, 0.1) is 17.9 Å². The molecule has 2 aromatic rings. The van der Waals surface area contributed by atoms with E-state index in [0.717, 1.165) is 18.4 Å². The van der Waals surface area contributed by atoms with Gasteiger partial charge in [-0.1, -0.05) is 32.9 Å². The minimum atomic E-state index is -0.765. The Morgan fingerprint density at radius 2 is 1.84 bits per heavy atom. The maximum absolute atomic E-state index is 15.6. The molecule has 2 amide bonds. The highest BCUT2D eigenvalue weighted by Gasteiger charge is 2.45. The summed E-state index contributed by atoms with van der Waals surface area (Å²) in [7, 11) is 0. The molecular weight excluding hydrogens is 414 g/mol. The number of halogens is 2. The first-order valence-electron chi connectivity index (χ1n) is 10.9. The van der Waals surface area contributed by atoms with Crippen LogP contribution in [-0.2, 0) is 16.1 Å². The van der Waals surface area contributed by atoms with Crippen LogP contribution in [0.15, 0.2) is 30.3 Å². The van der Waals surface area contributed by atoms with Crippen molar-refractivity contribution in [3.05, 3.63) is 53.1 Å². The molecule has 0 aromatic heterocycles. The predicted molar refractivity (Wildman–Crippen MR) is 119 cm³/mol. The second-order valence-electron chi connectivity index (χ2n) is 9.94. The van der Waals surface area contributed by atoms with Crippen molar-refractivity contribution in [2.45, 2.75) is 59.6 Å². The topological polar surface area (TPSA) is 58.6 Å². The number of fused-ring (bicyclic) bond motifs is 1. The third-order valence-corrected chi connectivity index (χ3v) is 5.70. The first kappa shape index (κ1) is 22.2. The molecule has 0 spiro atoms. The Morgan fingerprint density at radius 1 is 1.19 bits per heavy atom. The highest BCUT2D eigenvalue weighted by atomic mass is 19.1. The molecule has 2 aromatic carbocycles. The van der Waals surface area contributed by atoms with Gasteiger partial charge in [0, 0.05) is 12.3 Å². The van der Waals surface area contributed by atoms with E-state index in [4.69, 9.17) is 4.74 Å². The molecule has 170 valence electrons. The van der Waals surface area contributed by atoms with Gasteiger partial charge in [-0.2, -0.15) is 0 Å². The van der Waals surface area contributed by atoms with E-state index in [1.807, 2.05) is 20.8 Å². The van der Waals surface area contributed by atoms with Crippen molar-refractivity contribution in [3.63, 3.8) is 0 Å². The Kier molecular flexibility index (Phi) is 5.69. The van der Waals surface area contributed by atoms with Gasteiger partial charge in [0.25, 0.3) is 5.91 Å². The number of carbonyl (C=O) groups is 2. The van der Waals surface area contributed by atoms with Crippen LogP contribution >= 0.6 is 0 Å². The quantitative estimate of drug-likeness (QED) is 0.679. The fraction of sp³-hybridized carbons (Fsp3) is 0.440. The molecule has 1 aliphatic carbocycles. The Bertz CT molecular complexity index is 1060. The fourth-order valence-electron chi connectivity index (χ4n) is 3.96. The lowest BCUT2D eigenvalue weighted by molar-refractivity contribution is -0.127. The monoisotopic (exact) mass is 442 g/mol. The molecule has 2 aliphatic rings. The molecule has 7 heteroatoms. The van der Waals surface area contributed by atoms with Crippen LogP contribution in [0, 0.1) is 29.9 Å². The largest absolute Gasteiger partial charge is 0.475 e. The minimum absolute atomic E-state index is 0.0275. The molecule has 0 radical (unpaired) electrons. The molecule has 5 nitrogen and oxygen atoms in total. The molecule has 1 atom stereocenters. The number of anilines is 2. The first-order valence-corrected chi connectivity index (χ1v) is 10.9. The van der Waals surface area contributed by atoms with Gasteiger partial charge in [-0.25, -0.2) is 8.78 Å². The van der Waals surface area contributed by atoms with Crippen LogP contribution in [-0.4, -0.2) is 17.9 Å². The zero-order valence-electron chi connectivity index (χ0n) is 18.8. The predicted octanol–water partition coefficient (Wildman–Crippen LogP) is 5.35. The summed E-state index contributed by atoms with van der Waals surface area (Å²) < 4.78 is 34.8. The Balaban J connectivity index is 1.71. The van der Waals surface area contributed by atoms with Gasteiger partial charge in [-0.05, 0) is 54.5 Å². The van der Waals surface area contributed by atoms with Crippen molar-refractivity contribution >= 4 is 23.2 Å². The third kappa shape index (κ3) is 4.61. The van der Waals surface area contributed by atoms with Gasteiger partial charge >= 0.3 is 0 Å². The van der Waals surface area contributed by atoms with Gasteiger partial charge in [0.1, 0.15) is 5.82 Å². The number of rotatable bonds is 5. The van der Waals surface area contributed by atoms with E-state index in [1.54, 1.807) is 25.1 Å². The second kappa shape index (κ2) is 8.19. The van der Waals surface area contributed by atoms with E-state index < -0.39 is 11.9 Å². The van der Waals surface area contributed by atoms with Crippen LogP contribution < -0.4 is 15.0 Å². The summed E-state index contributed by atoms with van der Waals surface area (Å²) in [5, 5.41) is 2.69. The number of amides is 2. The highest BCUT2D eigenvalue weighted by Crippen LogP contribution is 2.46. The van der Waals surface area contributed by atoms with Crippen LogP contribution in [0.5, 0.6) is 5.75 Å². The molecule has 1 N–H and O–H groups in total. The van der Waals surface area contributed by atoms with Crippen LogP contribution in [0.3, 0.4) is 0 Å². The Hall–Kier alpha value is -2.96. The molecule has 0 saturated heterocycles. The molecule has 1 saturated carbocycles. The first-order chi connectivity index (χ1) is 15.0. The third-order valence-electron chi connectivity index (χ3n) is 5.70. The zero-order valence-corrected chi connectivity index (χ0v) is 18.8. The maximum Gasteiger partial charge on any atom is 0.268 e. The lowest BCUT2D eigenvalue weighted by Crippen LogP contribution is -2.47. The van der Waals surface area contributed by atoms with Crippen molar-refractivity contribution in [2.75, 3.05) is 10.2 Å². The number of nitrogens with zero attached hydrogens (tertiary/aromatic N) is 1. The standard InChI is InChI=1S/C25H28F2N2O3/c1-14-11-18-23(20(27)21(14)28-19(30)12-25(2,3)4)32-22(16-7-8-16)24(31)29(18)13-15-5-9-17(26)10-6-15/h5-6,9-11,16,22H,7-8,12-13H2,1-4H3,(H,28,30). The number of aryl methyl sites for hydroxylation is 1. The maximum atomic E-state index is 15.6. The molecule has 32 heavy (non-hydrogen) atoms. The number of carbonyl (C=O) groups excluding carboxylic acids is 2. The fourth-order valence-corrected chi connectivity index (χ4v) is 3.96. The molecule has 1 aliphatic heterocycles. The smallest absolute Gasteiger partial charge is 0.268 e. The van der Waals surface area contributed by atoms with Crippen molar-refractivity contribution in [2.24, 2.45) is 11.3 Å². The minimum Gasteiger partial charge on any atom is -0.475 e. The number of nitrogens with one attached hydrogen (secondary N) is 1. The number of benzene rings is 2. The average Bonchev–Trinajstić information content (AvgIpc) is 3.53. The molecular formula is C25H28F2N2O3. The highest BCUT2D eigenvalue weighted by molar-refractivity contribution is 6.02. The van der Waals surface area contributed by atoms with Gasteiger partial charge in [0.15, 0.2) is 17.7 Å². The molecule has 0 bridgehead atoms. The van der Waals surface area contributed by atoms with Gasteiger partial charge in [-0.15, -0.1) is 0 Å². The lowest BCUT2D eigenvalue weighted by atomic mass is 9.92. The van der Waals surface area contributed by atoms with Crippen LogP contribution in [0.4, 0.5) is 20.2 Å². The van der Waals surface area contributed by atoms with E-state index in [-0.39, 0.29) is 53.4 Å². The Morgan fingerprint density at radius 3 is 2.44 bits per heavy atom. The summed E-state index contributed by atoms with van der Waals surface area (Å²) in [4.78, 5) is 27.2. The zero-order chi connectivity index (χ0) is 23.2. The molecule has 1 fully saturated rings. The SMILES string of the molecule is Cc1cc2c(c(F)c1NC(=O)CC(C)(C)C)OC(C1CC1)C(=O)N2Cc1ccc(F)cc1. The molecule has 4 rings (SSSR count). The normalized spacial score (nSPS) is 18.2. The summed E-state index contributed by atoms with van der Waals surface area (Å²) in [5.74, 6) is -1.53. The van der Waals surface area contributed by atoms with E-state index in [2.05, 4.69) is 5.32 Å². The van der Waals surface area contributed by atoms with Gasteiger partial charge in [0.2, 0.25) is 5.91 Å². The van der Waals surface area contributed by atoms with Crippen LogP contribution in [0.1, 0.15) is 51.2 Å². The van der Waals surface area contributed by atoms with Crippen molar-refractivity contribution in [3.8, 4) is 5.75 Å². The van der Waals surface area contributed by atoms with E-state index in [1.165, 1.54) is 17.0 Å². The van der Waals surface area contributed by atoms with Crippen molar-refractivity contribution in [1.82, 2.24) is 0 Å². The number of hydrogen-bond acceptors (Lipinski definition) is 3. The summed E-state index contributed by atoms with van der Waals surface area (Å²) in [6.07, 6.45) is 1.17. The van der Waals surface area contributed by atoms with E-state index in [0.29, 0.717) is 11.3 Å². The lowest BCUT2D eigenvalue weighted by Gasteiger charge is -2.35.